The third kappa shape index (κ3) is 4.15. The number of fused-ring (bicyclic) bond motifs is 2. The Kier molecular flexibility index (Phi) is 6.10. The van der Waals surface area contributed by atoms with Crippen LogP contribution >= 0.6 is 0 Å². The molecule has 4 aromatic rings. The number of carbonyl (C=O) groups is 2. The van der Waals surface area contributed by atoms with Crippen molar-refractivity contribution >= 4 is 28.4 Å². The van der Waals surface area contributed by atoms with E-state index in [9.17, 15) is 14.9 Å². The van der Waals surface area contributed by atoms with Gasteiger partial charge in [0.05, 0.1) is 40.7 Å². The molecule has 1 aromatic heterocycles. The van der Waals surface area contributed by atoms with E-state index in [2.05, 4.69) is 11.4 Å². The zero-order valence-corrected chi connectivity index (χ0v) is 19.6. The van der Waals surface area contributed by atoms with E-state index in [-0.39, 0.29) is 19.1 Å². The quantitative estimate of drug-likeness (QED) is 0.452. The molecule has 2 unspecified atom stereocenters. The van der Waals surface area contributed by atoms with Gasteiger partial charge in [-0.1, -0.05) is 42.5 Å². The van der Waals surface area contributed by atoms with Crippen LogP contribution in [0.15, 0.2) is 72.8 Å². The summed E-state index contributed by atoms with van der Waals surface area (Å²) in [5.41, 5.74) is 8.87. The van der Waals surface area contributed by atoms with Gasteiger partial charge in [0.15, 0.2) is 0 Å². The number of carbonyl (C=O) groups excluding carboxylic acids is 2. The number of aromatic nitrogens is 2. The van der Waals surface area contributed by atoms with Crippen molar-refractivity contribution in [2.45, 2.75) is 25.6 Å². The molecule has 0 fully saturated rings. The van der Waals surface area contributed by atoms with Gasteiger partial charge < -0.3 is 20.7 Å². The number of ether oxygens (including phenoxy) is 1. The van der Waals surface area contributed by atoms with Gasteiger partial charge in [0.25, 0.3) is 5.91 Å². The van der Waals surface area contributed by atoms with Crippen molar-refractivity contribution < 1.29 is 14.3 Å². The van der Waals surface area contributed by atoms with Crippen LogP contribution in [0.4, 0.5) is 5.69 Å². The first-order valence-corrected chi connectivity index (χ1v) is 11.5. The number of hydrogen-bond acceptors (Lipinski definition) is 6. The number of para-hydroxylation sites is 4. The molecule has 2 atom stereocenters. The van der Waals surface area contributed by atoms with Gasteiger partial charge in [0.1, 0.15) is 24.5 Å². The lowest BCUT2D eigenvalue weighted by Gasteiger charge is -2.24. The summed E-state index contributed by atoms with van der Waals surface area (Å²) in [4.78, 5) is 27.6. The Labute approximate surface area is 207 Å². The molecule has 0 spiro atoms. The molecule has 2 heterocycles. The maximum atomic E-state index is 13.7. The molecule has 0 aliphatic carbocycles. The smallest absolute Gasteiger partial charge is 0.253 e. The number of rotatable bonds is 5. The van der Waals surface area contributed by atoms with E-state index < -0.39 is 18.0 Å². The minimum Gasteiger partial charge on any atom is -0.489 e. The molecule has 9 heteroatoms. The summed E-state index contributed by atoms with van der Waals surface area (Å²) >= 11 is 0. The largest absolute Gasteiger partial charge is 0.489 e. The van der Waals surface area contributed by atoms with Gasteiger partial charge in [-0.3, -0.25) is 9.59 Å². The van der Waals surface area contributed by atoms with Crippen LogP contribution in [-0.2, 0) is 16.1 Å². The van der Waals surface area contributed by atoms with E-state index in [0.717, 1.165) is 10.9 Å². The molecule has 1 aliphatic rings. The van der Waals surface area contributed by atoms with Crippen LogP contribution in [0.3, 0.4) is 0 Å². The standard InChI is InChI=1S/C27H24N6O3/c1-17(29)26(34)30-21-16-36-25-13-7-6-12-24(25)32(27(21)35)15-20-19-9-3-5-11-23(19)33(31-20)22-10-4-2-8-18(22)14-28/h2-13,17,21H,15-16,29H2,1H3,(H,30,34). The summed E-state index contributed by atoms with van der Waals surface area (Å²) in [6.45, 7) is 1.67. The number of hydrogen-bond donors (Lipinski definition) is 2. The fraction of sp³-hybridized carbons (Fsp3) is 0.185. The van der Waals surface area contributed by atoms with Gasteiger partial charge in [0, 0.05) is 5.39 Å². The predicted octanol–water partition coefficient (Wildman–Crippen LogP) is 2.65. The minimum atomic E-state index is -0.913. The highest BCUT2D eigenvalue weighted by Crippen LogP contribution is 2.33. The molecule has 0 radical (unpaired) electrons. The van der Waals surface area contributed by atoms with Crippen molar-refractivity contribution in [2.75, 3.05) is 11.5 Å². The van der Waals surface area contributed by atoms with Crippen LogP contribution in [-0.4, -0.2) is 40.3 Å². The Balaban J connectivity index is 1.60. The van der Waals surface area contributed by atoms with Crippen molar-refractivity contribution in [3.05, 3.63) is 84.1 Å². The Morgan fingerprint density at radius 2 is 1.83 bits per heavy atom. The number of nitrogens with one attached hydrogen (secondary N) is 1. The van der Waals surface area contributed by atoms with Gasteiger partial charge in [-0.2, -0.15) is 10.4 Å². The Morgan fingerprint density at radius 3 is 2.61 bits per heavy atom. The second kappa shape index (κ2) is 9.52. The molecule has 3 aromatic carbocycles. The molecule has 0 saturated carbocycles. The van der Waals surface area contributed by atoms with Crippen LogP contribution in [0.5, 0.6) is 5.75 Å². The summed E-state index contributed by atoms with van der Waals surface area (Å²) in [5, 5.41) is 18.0. The maximum absolute atomic E-state index is 13.7. The Hall–Kier alpha value is -4.68. The molecule has 3 N–H and O–H groups in total. The highest BCUT2D eigenvalue weighted by Gasteiger charge is 2.34. The van der Waals surface area contributed by atoms with Crippen LogP contribution in [0.25, 0.3) is 16.6 Å². The summed E-state index contributed by atoms with van der Waals surface area (Å²) in [6.07, 6.45) is 0. The van der Waals surface area contributed by atoms with E-state index in [1.54, 1.807) is 40.8 Å². The fourth-order valence-electron chi connectivity index (χ4n) is 4.26. The highest BCUT2D eigenvalue weighted by molar-refractivity contribution is 6.01. The molecule has 1 aliphatic heterocycles. The molecular formula is C27H24N6O3. The van der Waals surface area contributed by atoms with Crippen molar-refractivity contribution in [3.63, 3.8) is 0 Å². The van der Waals surface area contributed by atoms with Gasteiger partial charge in [-0.25, -0.2) is 4.68 Å². The van der Waals surface area contributed by atoms with Gasteiger partial charge in [0.2, 0.25) is 5.91 Å². The van der Waals surface area contributed by atoms with Gasteiger partial charge in [-0.05, 0) is 37.3 Å². The highest BCUT2D eigenvalue weighted by atomic mass is 16.5. The average molecular weight is 481 g/mol. The summed E-state index contributed by atoms with van der Waals surface area (Å²) in [5.74, 6) is -0.238. The van der Waals surface area contributed by atoms with E-state index in [1.165, 1.54) is 0 Å². The third-order valence-corrected chi connectivity index (χ3v) is 6.08. The van der Waals surface area contributed by atoms with Gasteiger partial charge >= 0.3 is 0 Å². The number of benzene rings is 3. The third-order valence-electron chi connectivity index (χ3n) is 6.08. The number of anilines is 1. The minimum absolute atomic E-state index is 0.0183. The van der Waals surface area contributed by atoms with E-state index in [4.69, 9.17) is 15.6 Å². The molecule has 180 valence electrons. The molecule has 36 heavy (non-hydrogen) atoms. The van der Waals surface area contributed by atoms with Crippen LogP contribution in [0.1, 0.15) is 18.2 Å². The Morgan fingerprint density at radius 1 is 1.14 bits per heavy atom. The number of nitrogens with two attached hydrogens (primary N) is 1. The molecule has 2 amide bonds. The molecule has 0 bridgehead atoms. The topological polar surface area (TPSA) is 126 Å². The molecule has 9 nitrogen and oxygen atoms in total. The first-order valence-electron chi connectivity index (χ1n) is 11.5. The second-order valence-electron chi connectivity index (χ2n) is 8.56. The first-order chi connectivity index (χ1) is 17.5. The predicted molar refractivity (Wildman–Crippen MR) is 134 cm³/mol. The number of nitrogens with zero attached hydrogens (tertiary/aromatic N) is 4. The second-order valence-corrected chi connectivity index (χ2v) is 8.56. The van der Waals surface area contributed by atoms with Crippen LogP contribution in [0, 0.1) is 11.3 Å². The lowest BCUT2D eigenvalue weighted by molar-refractivity contribution is -0.128. The SMILES string of the molecule is CC(N)C(=O)NC1COc2ccccc2N(Cc2nn(-c3ccccc3C#N)c3ccccc23)C1=O. The molecular weight excluding hydrogens is 456 g/mol. The normalized spacial score (nSPS) is 16.0. The van der Waals surface area contributed by atoms with E-state index in [1.807, 2.05) is 48.5 Å². The summed E-state index contributed by atoms with van der Waals surface area (Å²) < 4.78 is 7.62. The summed E-state index contributed by atoms with van der Waals surface area (Å²) in [7, 11) is 0. The maximum Gasteiger partial charge on any atom is 0.253 e. The number of amides is 2. The molecule has 0 saturated heterocycles. The lowest BCUT2D eigenvalue weighted by Crippen LogP contribution is -2.53. The zero-order valence-electron chi connectivity index (χ0n) is 19.6. The molecule has 5 rings (SSSR count). The van der Waals surface area contributed by atoms with Gasteiger partial charge in [-0.15, -0.1) is 0 Å². The average Bonchev–Trinajstić information content (AvgIpc) is 3.21. The van der Waals surface area contributed by atoms with Crippen LogP contribution in [0.2, 0.25) is 0 Å². The van der Waals surface area contributed by atoms with Crippen molar-refractivity contribution in [1.82, 2.24) is 15.1 Å². The lowest BCUT2D eigenvalue weighted by atomic mass is 10.1. The summed E-state index contributed by atoms with van der Waals surface area (Å²) in [6, 6.07) is 22.7. The van der Waals surface area contributed by atoms with Crippen molar-refractivity contribution in [1.29, 1.82) is 5.26 Å². The zero-order chi connectivity index (χ0) is 25.2. The van der Waals surface area contributed by atoms with Crippen LogP contribution < -0.4 is 20.7 Å². The van der Waals surface area contributed by atoms with Crippen molar-refractivity contribution in [2.24, 2.45) is 5.73 Å². The monoisotopic (exact) mass is 480 g/mol. The fourth-order valence-corrected chi connectivity index (χ4v) is 4.26. The van der Waals surface area contributed by atoms with E-state index in [0.29, 0.717) is 28.4 Å². The van der Waals surface area contributed by atoms with E-state index >= 15 is 0 Å². The number of nitriles is 1. The Bertz CT molecular complexity index is 1500. The van der Waals surface area contributed by atoms with Crippen molar-refractivity contribution in [3.8, 4) is 17.5 Å². The first kappa shape index (κ1) is 23.1.